The van der Waals surface area contributed by atoms with E-state index < -0.39 is 0 Å². The highest BCUT2D eigenvalue weighted by Gasteiger charge is 2.18. The van der Waals surface area contributed by atoms with Crippen molar-refractivity contribution in [3.63, 3.8) is 0 Å². The Balaban J connectivity index is 2.02. The maximum atomic E-state index is 9.78. The second kappa shape index (κ2) is 7.14. The number of ether oxygens (including phenoxy) is 2. The molecule has 0 aromatic heterocycles. The summed E-state index contributed by atoms with van der Waals surface area (Å²) < 4.78 is 11.1. The Labute approximate surface area is 143 Å². The van der Waals surface area contributed by atoms with E-state index in [1.165, 1.54) is 22.3 Å². The normalized spacial score (nSPS) is 15.3. The molecule has 0 bridgehead atoms. The van der Waals surface area contributed by atoms with Gasteiger partial charge in [-0.05, 0) is 61.2 Å². The van der Waals surface area contributed by atoms with Gasteiger partial charge in [0.05, 0.1) is 14.2 Å². The molecule has 24 heavy (non-hydrogen) atoms. The van der Waals surface area contributed by atoms with Gasteiger partial charge >= 0.3 is 0 Å². The van der Waals surface area contributed by atoms with E-state index in [1.54, 1.807) is 20.3 Å². The molecular formula is C20H25NO3. The van der Waals surface area contributed by atoms with Crippen molar-refractivity contribution in [2.24, 2.45) is 0 Å². The van der Waals surface area contributed by atoms with Gasteiger partial charge in [0, 0.05) is 18.7 Å². The lowest BCUT2D eigenvalue weighted by Crippen LogP contribution is -2.23. The summed E-state index contributed by atoms with van der Waals surface area (Å²) in [6.07, 6.45) is 2.84. The minimum atomic E-state index is 0.347. The third-order valence-electron chi connectivity index (χ3n) is 4.79. The zero-order valence-electron chi connectivity index (χ0n) is 14.6. The van der Waals surface area contributed by atoms with Gasteiger partial charge in [-0.1, -0.05) is 12.1 Å². The molecule has 4 heteroatoms. The number of phenols is 1. The fourth-order valence-electron chi connectivity index (χ4n) is 3.46. The van der Waals surface area contributed by atoms with Crippen molar-refractivity contribution < 1.29 is 14.6 Å². The zero-order chi connectivity index (χ0) is 17.1. The van der Waals surface area contributed by atoms with Gasteiger partial charge in [-0.25, -0.2) is 0 Å². The van der Waals surface area contributed by atoms with Crippen LogP contribution in [0.1, 0.15) is 22.3 Å². The SMILES string of the molecule is COc1ccc2c(c1OC)CN(C)CCc1cc(O)ccc1CC2. The van der Waals surface area contributed by atoms with E-state index in [1.807, 2.05) is 18.2 Å². The van der Waals surface area contributed by atoms with Gasteiger partial charge < -0.3 is 19.5 Å². The highest BCUT2D eigenvalue weighted by atomic mass is 16.5. The van der Waals surface area contributed by atoms with Crippen LogP contribution in [0.5, 0.6) is 17.2 Å². The Morgan fingerprint density at radius 1 is 0.917 bits per heavy atom. The summed E-state index contributed by atoms with van der Waals surface area (Å²) in [5, 5.41) is 9.78. The largest absolute Gasteiger partial charge is 0.508 e. The quantitative estimate of drug-likeness (QED) is 0.920. The number of aryl methyl sites for hydroxylation is 2. The maximum Gasteiger partial charge on any atom is 0.165 e. The molecule has 2 aromatic rings. The van der Waals surface area contributed by atoms with Crippen LogP contribution in [0.15, 0.2) is 30.3 Å². The average Bonchev–Trinajstić information content (AvgIpc) is 2.59. The Hall–Kier alpha value is -2.20. The van der Waals surface area contributed by atoms with Crippen molar-refractivity contribution >= 4 is 0 Å². The zero-order valence-corrected chi connectivity index (χ0v) is 14.6. The van der Waals surface area contributed by atoms with Gasteiger partial charge in [0.1, 0.15) is 5.75 Å². The van der Waals surface area contributed by atoms with Crippen molar-refractivity contribution in [3.05, 3.63) is 52.6 Å². The number of nitrogens with zero attached hydrogens (tertiary/aromatic N) is 1. The first-order valence-corrected chi connectivity index (χ1v) is 8.34. The lowest BCUT2D eigenvalue weighted by molar-refractivity contribution is 0.309. The third kappa shape index (κ3) is 3.34. The smallest absolute Gasteiger partial charge is 0.165 e. The van der Waals surface area contributed by atoms with E-state index in [4.69, 9.17) is 9.47 Å². The predicted octanol–water partition coefficient (Wildman–Crippen LogP) is 3.18. The third-order valence-corrected chi connectivity index (χ3v) is 4.79. The Bertz CT molecular complexity index is 727. The van der Waals surface area contributed by atoms with Crippen LogP contribution in [0.4, 0.5) is 0 Å². The molecule has 1 N–H and O–H groups in total. The molecule has 0 unspecified atom stereocenters. The molecule has 4 nitrogen and oxygen atoms in total. The lowest BCUT2D eigenvalue weighted by Gasteiger charge is -2.24. The summed E-state index contributed by atoms with van der Waals surface area (Å²) in [6.45, 7) is 1.75. The topological polar surface area (TPSA) is 41.9 Å². The molecule has 0 saturated carbocycles. The first-order valence-electron chi connectivity index (χ1n) is 8.34. The van der Waals surface area contributed by atoms with Crippen LogP contribution in [-0.4, -0.2) is 37.8 Å². The average molecular weight is 327 g/mol. The molecule has 3 rings (SSSR count). The second-order valence-corrected chi connectivity index (χ2v) is 6.38. The van der Waals surface area contributed by atoms with Crippen LogP contribution >= 0.6 is 0 Å². The van der Waals surface area contributed by atoms with Gasteiger partial charge in [-0.2, -0.15) is 0 Å². The molecule has 1 aliphatic rings. The summed E-state index contributed by atoms with van der Waals surface area (Å²) in [6, 6.07) is 9.87. The number of fused-ring (bicyclic) bond motifs is 2. The van der Waals surface area contributed by atoms with Crippen molar-refractivity contribution in [2.45, 2.75) is 25.8 Å². The molecule has 0 aliphatic carbocycles. The van der Waals surface area contributed by atoms with Crippen molar-refractivity contribution in [3.8, 4) is 17.2 Å². The van der Waals surface area contributed by atoms with Crippen LogP contribution in [-0.2, 0) is 25.8 Å². The van der Waals surface area contributed by atoms with E-state index in [0.29, 0.717) is 5.75 Å². The standard InChI is InChI=1S/C20H25NO3/c1-21-11-10-16-12-17(22)8-6-14(16)4-5-15-7-9-19(23-2)20(24-3)18(15)13-21/h6-9,12,22H,4-5,10-11,13H2,1-3H3. The highest BCUT2D eigenvalue weighted by Crippen LogP contribution is 2.35. The number of methoxy groups -OCH3 is 2. The summed E-state index contributed by atoms with van der Waals surface area (Å²) in [4.78, 5) is 2.29. The number of phenolic OH excluding ortho intramolecular Hbond substituents is 1. The van der Waals surface area contributed by atoms with E-state index >= 15 is 0 Å². The van der Waals surface area contributed by atoms with Crippen LogP contribution in [0.25, 0.3) is 0 Å². The number of rotatable bonds is 2. The van der Waals surface area contributed by atoms with Crippen LogP contribution < -0.4 is 9.47 Å². The molecule has 0 amide bonds. The molecule has 0 atom stereocenters. The summed E-state index contributed by atoms with van der Waals surface area (Å²) in [7, 11) is 5.50. The van der Waals surface area contributed by atoms with Crippen LogP contribution in [0.3, 0.4) is 0 Å². The molecule has 0 spiro atoms. The second-order valence-electron chi connectivity index (χ2n) is 6.38. The molecule has 0 saturated heterocycles. The molecule has 0 radical (unpaired) electrons. The molecule has 1 aliphatic heterocycles. The molecule has 0 fully saturated rings. The van der Waals surface area contributed by atoms with Crippen molar-refractivity contribution in [1.82, 2.24) is 4.90 Å². The van der Waals surface area contributed by atoms with Crippen LogP contribution in [0.2, 0.25) is 0 Å². The number of benzene rings is 2. The van der Waals surface area contributed by atoms with E-state index in [0.717, 1.165) is 43.9 Å². The van der Waals surface area contributed by atoms with Gasteiger partial charge in [0.2, 0.25) is 0 Å². The summed E-state index contributed by atoms with van der Waals surface area (Å²) >= 11 is 0. The van der Waals surface area contributed by atoms with Gasteiger partial charge in [-0.3, -0.25) is 0 Å². The highest BCUT2D eigenvalue weighted by molar-refractivity contribution is 5.51. The van der Waals surface area contributed by atoms with Crippen LogP contribution in [0, 0.1) is 0 Å². The Kier molecular flexibility index (Phi) is 4.95. The van der Waals surface area contributed by atoms with E-state index in [9.17, 15) is 5.11 Å². The number of aromatic hydroxyl groups is 1. The van der Waals surface area contributed by atoms with Gasteiger partial charge in [0.15, 0.2) is 11.5 Å². The summed E-state index contributed by atoms with van der Waals surface area (Å²) in [5.41, 5.74) is 5.05. The molecule has 2 aromatic carbocycles. The fourth-order valence-corrected chi connectivity index (χ4v) is 3.46. The number of hydrogen-bond donors (Lipinski definition) is 1. The number of likely N-dealkylation sites (N-methyl/N-ethyl adjacent to an activating group) is 1. The van der Waals surface area contributed by atoms with Gasteiger partial charge in [0.25, 0.3) is 0 Å². The van der Waals surface area contributed by atoms with Crippen molar-refractivity contribution in [2.75, 3.05) is 27.8 Å². The molecule has 1 heterocycles. The molecule has 128 valence electrons. The van der Waals surface area contributed by atoms with Gasteiger partial charge in [-0.15, -0.1) is 0 Å². The fraction of sp³-hybridized carbons (Fsp3) is 0.400. The molecular weight excluding hydrogens is 302 g/mol. The van der Waals surface area contributed by atoms with E-state index in [-0.39, 0.29) is 0 Å². The Morgan fingerprint density at radius 2 is 1.67 bits per heavy atom. The predicted molar refractivity (Wildman–Crippen MR) is 95.1 cm³/mol. The first-order chi connectivity index (χ1) is 11.6. The number of hydrogen-bond acceptors (Lipinski definition) is 4. The van der Waals surface area contributed by atoms with Crippen molar-refractivity contribution in [1.29, 1.82) is 0 Å². The Morgan fingerprint density at radius 3 is 2.42 bits per heavy atom. The minimum Gasteiger partial charge on any atom is -0.508 e. The monoisotopic (exact) mass is 327 g/mol. The van der Waals surface area contributed by atoms with E-state index in [2.05, 4.69) is 18.0 Å². The lowest BCUT2D eigenvalue weighted by atomic mass is 9.93. The summed E-state index contributed by atoms with van der Waals surface area (Å²) in [5.74, 6) is 1.97. The minimum absolute atomic E-state index is 0.347. The first kappa shape index (κ1) is 16.7. The maximum absolute atomic E-state index is 9.78.